The Hall–Kier alpha value is -3.23. The Bertz CT molecular complexity index is 1160. The Kier molecular flexibility index (Phi) is 6.49. The van der Waals surface area contributed by atoms with Crippen LogP contribution in [0.4, 0.5) is 5.69 Å². The van der Waals surface area contributed by atoms with E-state index in [9.17, 15) is 18.0 Å². The standard InChI is InChI=1S/C22H22N2O5S/c1-16(22(26)24(2)19-10-4-3-5-11-19)29-21(25)15-23-30(27,28)20-13-12-17-8-6-7-9-18(17)14-20/h3-14,16,23H,15H2,1-2H3/t16-/m0/s1. The van der Waals surface area contributed by atoms with Gasteiger partial charge in [-0.2, -0.15) is 4.72 Å². The molecular formula is C22H22N2O5S. The summed E-state index contributed by atoms with van der Waals surface area (Å²) in [7, 11) is -2.33. The van der Waals surface area contributed by atoms with Gasteiger partial charge in [0.05, 0.1) is 4.90 Å². The molecule has 0 spiro atoms. The minimum Gasteiger partial charge on any atom is -0.452 e. The van der Waals surface area contributed by atoms with E-state index in [-0.39, 0.29) is 4.90 Å². The van der Waals surface area contributed by atoms with Crippen molar-refractivity contribution < 1.29 is 22.7 Å². The Morgan fingerprint density at radius 3 is 2.30 bits per heavy atom. The summed E-state index contributed by atoms with van der Waals surface area (Å²) in [4.78, 5) is 25.9. The Morgan fingerprint density at radius 2 is 1.60 bits per heavy atom. The van der Waals surface area contributed by atoms with Gasteiger partial charge in [0, 0.05) is 12.7 Å². The molecular weight excluding hydrogens is 404 g/mol. The molecule has 0 heterocycles. The molecule has 1 N–H and O–H groups in total. The summed E-state index contributed by atoms with van der Waals surface area (Å²) in [6.45, 7) is 0.860. The predicted octanol–water partition coefficient (Wildman–Crippen LogP) is 2.71. The highest BCUT2D eigenvalue weighted by Gasteiger charge is 2.23. The van der Waals surface area contributed by atoms with Crippen LogP contribution in [0.25, 0.3) is 10.8 Å². The molecule has 0 saturated heterocycles. The number of hydrogen-bond donors (Lipinski definition) is 1. The number of nitrogens with one attached hydrogen (secondary N) is 1. The molecule has 3 aromatic rings. The van der Waals surface area contributed by atoms with Crippen LogP contribution in [0.3, 0.4) is 0 Å². The van der Waals surface area contributed by atoms with Crippen LogP contribution in [0.1, 0.15) is 6.92 Å². The van der Waals surface area contributed by atoms with Crippen LogP contribution in [0, 0.1) is 0 Å². The number of para-hydroxylation sites is 1. The quantitative estimate of drug-likeness (QED) is 0.587. The molecule has 3 rings (SSSR count). The lowest BCUT2D eigenvalue weighted by atomic mass is 10.1. The number of hydrogen-bond acceptors (Lipinski definition) is 5. The average molecular weight is 426 g/mol. The number of anilines is 1. The molecule has 1 atom stereocenters. The number of nitrogens with zero attached hydrogens (tertiary/aromatic N) is 1. The van der Waals surface area contributed by atoms with Gasteiger partial charge in [-0.3, -0.25) is 9.59 Å². The molecule has 0 bridgehead atoms. The van der Waals surface area contributed by atoms with E-state index in [2.05, 4.69) is 4.72 Å². The fourth-order valence-corrected chi connectivity index (χ4v) is 3.92. The van der Waals surface area contributed by atoms with Gasteiger partial charge in [0.25, 0.3) is 5.91 Å². The Balaban J connectivity index is 1.59. The smallest absolute Gasteiger partial charge is 0.321 e. The lowest BCUT2D eigenvalue weighted by Crippen LogP contribution is -2.39. The van der Waals surface area contributed by atoms with E-state index in [4.69, 9.17) is 4.74 Å². The largest absolute Gasteiger partial charge is 0.452 e. The zero-order valence-corrected chi connectivity index (χ0v) is 17.4. The van der Waals surface area contributed by atoms with Crippen LogP contribution >= 0.6 is 0 Å². The normalized spacial score (nSPS) is 12.3. The van der Waals surface area contributed by atoms with E-state index in [0.29, 0.717) is 5.69 Å². The second kappa shape index (κ2) is 9.06. The summed E-state index contributed by atoms with van der Waals surface area (Å²) < 4.78 is 32.3. The molecule has 0 fully saturated rings. The van der Waals surface area contributed by atoms with Gasteiger partial charge in [-0.1, -0.05) is 48.5 Å². The van der Waals surface area contributed by atoms with Crippen LogP contribution in [-0.4, -0.2) is 40.0 Å². The molecule has 156 valence electrons. The van der Waals surface area contributed by atoms with Gasteiger partial charge in [0.15, 0.2) is 6.10 Å². The third-order valence-corrected chi connectivity index (χ3v) is 5.97. The molecule has 8 heteroatoms. The maximum Gasteiger partial charge on any atom is 0.321 e. The highest BCUT2D eigenvalue weighted by Crippen LogP contribution is 2.19. The molecule has 0 aliphatic rings. The lowest BCUT2D eigenvalue weighted by molar-refractivity contribution is -0.152. The van der Waals surface area contributed by atoms with Crippen molar-refractivity contribution in [3.8, 4) is 0 Å². The number of carbonyl (C=O) groups is 2. The van der Waals surface area contributed by atoms with E-state index in [1.807, 2.05) is 24.3 Å². The highest BCUT2D eigenvalue weighted by atomic mass is 32.2. The van der Waals surface area contributed by atoms with Crippen LogP contribution in [0.5, 0.6) is 0 Å². The molecule has 30 heavy (non-hydrogen) atoms. The number of carbonyl (C=O) groups excluding carboxylic acids is 2. The number of ether oxygens (including phenoxy) is 1. The van der Waals surface area contributed by atoms with E-state index in [1.54, 1.807) is 43.4 Å². The van der Waals surface area contributed by atoms with Gasteiger partial charge in [-0.25, -0.2) is 8.42 Å². The number of benzene rings is 3. The molecule has 0 aliphatic heterocycles. The number of esters is 1. The van der Waals surface area contributed by atoms with Crippen molar-refractivity contribution in [2.24, 2.45) is 0 Å². The van der Waals surface area contributed by atoms with Gasteiger partial charge in [-0.05, 0) is 42.0 Å². The van der Waals surface area contributed by atoms with Crippen molar-refractivity contribution in [1.82, 2.24) is 4.72 Å². The van der Waals surface area contributed by atoms with Crippen molar-refractivity contribution in [2.75, 3.05) is 18.5 Å². The topological polar surface area (TPSA) is 92.8 Å². The van der Waals surface area contributed by atoms with Crippen molar-refractivity contribution in [1.29, 1.82) is 0 Å². The molecule has 0 aromatic heterocycles. The maximum absolute atomic E-state index is 12.5. The fraction of sp³-hybridized carbons (Fsp3) is 0.182. The SMILES string of the molecule is C[C@H](OC(=O)CNS(=O)(=O)c1ccc2ccccc2c1)C(=O)N(C)c1ccccc1. The Morgan fingerprint density at radius 1 is 0.967 bits per heavy atom. The summed E-state index contributed by atoms with van der Waals surface area (Å²) in [6.07, 6.45) is -1.06. The third kappa shape index (κ3) is 5.03. The van der Waals surface area contributed by atoms with E-state index >= 15 is 0 Å². The van der Waals surface area contributed by atoms with Crippen molar-refractivity contribution >= 4 is 38.4 Å². The third-order valence-electron chi connectivity index (χ3n) is 4.57. The first-order valence-corrected chi connectivity index (χ1v) is 10.8. The summed E-state index contributed by atoms with van der Waals surface area (Å²) in [5.41, 5.74) is 0.655. The minimum absolute atomic E-state index is 0.0435. The van der Waals surface area contributed by atoms with Crippen molar-refractivity contribution in [2.45, 2.75) is 17.9 Å². The number of sulfonamides is 1. The van der Waals surface area contributed by atoms with E-state index < -0.39 is 34.5 Å². The molecule has 0 radical (unpaired) electrons. The van der Waals surface area contributed by atoms with Gasteiger partial charge >= 0.3 is 5.97 Å². The predicted molar refractivity (Wildman–Crippen MR) is 115 cm³/mol. The summed E-state index contributed by atoms with van der Waals surface area (Å²) in [5, 5.41) is 1.68. The van der Waals surface area contributed by atoms with E-state index in [1.165, 1.54) is 24.0 Å². The highest BCUT2D eigenvalue weighted by molar-refractivity contribution is 7.89. The molecule has 0 aliphatic carbocycles. The molecule has 1 amide bonds. The van der Waals surface area contributed by atoms with Crippen LogP contribution in [0.15, 0.2) is 77.7 Å². The maximum atomic E-state index is 12.5. The van der Waals surface area contributed by atoms with Crippen molar-refractivity contribution in [3.63, 3.8) is 0 Å². The molecule has 0 saturated carbocycles. The zero-order valence-electron chi connectivity index (χ0n) is 16.6. The van der Waals surface area contributed by atoms with Gasteiger partial charge in [0.1, 0.15) is 6.54 Å². The second-order valence-electron chi connectivity index (χ2n) is 6.70. The molecule has 0 unspecified atom stereocenters. The van der Waals surface area contributed by atoms with Gasteiger partial charge < -0.3 is 9.64 Å². The number of rotatable bonds is 7. The second-order valence-corrected chi connectivity index (χ2v) is 8.47. The van der Waals surface area contributed by atoms with Crippen molar-refractivity contribution in [3.05, 3.63) is 72.8 Å². The summed E-state index contributed by atoms with van der Waals surface area (Å²) in [6, 6.07) is 21.0. The van der Waals surface area contributed by atoms with Gasteiger partial charge in [-0.15, -0.1) is 0 Å². The van der Waals surface area contributed by atoms with Crippen LogP contribution in [0.2, 0.25) is 0 Å². The Labute approximate surface area is 175 Å². The first-order chi connectivity index (χ1) is 14.3. The average Bonchev–Trinajstić information content (AvgIpc) is 2.77. The monoisotopic (exact) mass is 426 g/mol. The van der Waals surface area contributed by atoms with Crippen LogP contribution in [-0.2, 0) is 24.3 Å². The first kappa shape index (κ1) is 21.5. The lowest BCUT2D eigenvalue weighted by Gasteiger charge is -2.21. The molecule has 3 aromatic carbocycles. The van der Waals surface area contributed by atoms with E-state index in [0.717, 1.165) is 10.8 Å². The summed E-state index contributed by atoms with van der Waals surface area (Å²) in [5.74, 6) is -1.27. The first-order valence-electron chi connectivity index (χ1n) is 9.28. The molecule has 7 nitrogen and oxygen atoms in total. The fourth-order valence-electron chi connectivity index (χ4n) is 2.91. The zero-order chi connectivity index (χ0) is 21.7. The van der Waals surface area contributed by atoms with Crippen LogP contribution < -0.4 is 9.62 Å². The number of likely N-dealkylation sites (N-methyl/N-ethyl adjacent to an activating group) is 1. The summed E-state index contributed by atoms with van der Waals surface area (Å²) >= 11 is 0. The number of amides is 1. The minimum atomic E-state index is -3.91. The number of fused-ring (bicyclic) bond motifs is 1. The van der Waals surface area contributed by atoms with Gasteiger partial charge in [0.2, 0.25) is 10.0 Å².